The molecule has 1 aromatic heterocycles. The highest BCUT2D eigenvalue weighted by Crippen LogP contribution is 2.27. The summed E-state index contributed by atoms with van der Waals surface area (Å²) in [6.07, 6.45) is 4.81. The van der Waals surface area contributed by atoms with E-state index in [0.29, 0.717) is 5.13 Å². The molecule has 2 aromatic rings. The Hall–Kier alpha value is -1.88. The standard InChI is InChI=1S/C14H14N2O2S/c17-13(18)12-8-19-14(16-12)15-11-6-5-9-3-1-2-4-10(9)7-11/h5-8H,1-4H2,(H,15,16)(H,17,18). The van der Waals surface area contributed by atoms with Crippen LogP contribution in [0, 0.1) is 0 Å². The number of carboxylic acids is 1. The largest absolute Gasteiger partial charge is 0.476 e. The van der Waals surface area contributed by atoms with Crippen LogP contribution in [-0.2, 0) is 12.8 Å². The van der Waals surface area contributed by atoms with Crippen LogP contribution in [-0.4, -0.2) is 16.1 Å². The predicted molar refractivity (Wildman–Crippen MR) is 75.4 cm³/mol. The number of carboxylic acid groups (broad SMARTS) is 1. The van der Waals surface area contributed by atoms with Crippen LogP contribution in [0.2, 0.25) is 0 Å². The number of carbonyl (C=O) groups is 1. The smallest absolute Gasteiger partial charge is 0.355 e. The summed E-state index contributed by atoms with van der Waals surface area (Å²) in [6.45, 7) is 0. The Morgan fingerprint density at radius 1 is 1.26 bits per heavy atom. The summed E-state index contributed by atoms with van der Waals surface area (Å²) in [7, 11) is 0. The average molecular weight is 274 g/mol. The third-order valence-electron chi connectivity index (χ3n) is 3.32. The van der Waals surface area contributed by atoms with Gasteiger partial charge in [-0.1, -0.05) is 6.07 Å². The van der Waals surface area contributed by atoms with E-state index in [9.17, 15) is 4.79 Å². The number of aryl methyl sites for hydroxylation is 2. The monoisotopic (exact) mass is 274 g/mol. The number of nitrogens with one attached hydrogen (secondary N) is 1. The molecule has 0 spiro atoms. The highest BCUT2D eigenvalue weighted by Gasteiger charge is 2.11. The molecule has 0 bridgehead atoms. The van der Waals surface area contributed by atoms with Crippen molar-refractivity contribution in [1.29, 1.82) is 0 Å². The van der Waals surface area contributed by atoms with Gasteiger partial charge in [-0.2, -0.15) is 0 Å². The molecule has 1 aliphatic rings. The molecule has 0 saturated heterocycles. The predicted octanol–water partition coefficient (Wildman–Crippen LogP) is 3.46. The fourth-order valence-corrected chi connectivity index (χ4v) is 3.07. The van der Waals surface area contributed by atoms with Gasteiger partial charge in [-0.3, -0.25) is 0 Å². The zero-order valence-electron chi connectivity index (χ0n) is 10.3. The number of thiazole rings is 1. The van der Waals surface area contributed by atoms with E-state index in [1.165, 1.54) is 35.3 Å². The average Bonchev–Trinajstić information content (AvgIpc) is 2.87. The lowest BCUT2D eigenvalue weighted by molar-refractivity contribution is 0.0691. The summed E-state index contributed by atoms with van der Waals surface area (Å²) >= 11 is 1.31. The van der Waals surface area contributed by atoms with Gasteiger partial charge in [-0.05, 0) is 48.9 Å². The molecular weight excluding hydrogens is 260 g/mol. The molecule has 0 radical (unpaired) electrons. The number of fused-ring (bicyclic) bond motifs is 1. The number of anilines is 2. The Balaban J connectivity index is 1.80. The Morgan fingerprint density at radius 2 is 2.05 bits per heavy atom. The summed E-state index contributed by atoms with van der Waals surface area (Å²) in [6, 6.07) is 6.34. The van der Waals surface area contributed by atoms with E-state index in [1.54, 1.807) is 5.38 Å². The molecule has 1 aliphatic carbocycles. The number of benzene rings is 1. The first-order valence-corrected chi connectivity index (χ1v) is 7.18. The van der Waals surface area contributed by atoms with Crippen molar-refractivity contribution < 1.29 is 9.90 Å². The second-order valence-electron chi connectivity index (χ2n) is 4.66. The van der Waals surface area contributed by atoms with Gasteiger partial charge in [-0.15, -0.1) is 11.3 Å². The van der Waals surface area contributed by atoms with Crippen molar-refractivity contribution in [1.82, 2.24) is 4.98 Å². The normalized spacial score (nSPS) is 13.9. The molecule has 2 N–H and O–H groups in total. The number of rotatable bonds is 3. The topological polar surface area (TPSA) is 62.2 Å². The summed E-state index contributed by atoms with van der Waals surface area (Å²) in [5.74, 6) is -0.991. The van der Waals surface area contributed by atoms with Gasteiger partial charge < -0.3 is 10.4 Å². The van der Waals surface area contributed by atoms with Crippen molar-refractivity contribution in [2.24, 2.45) is 0 Å². The zero-order valence-corrected chi connectivity index (χ0v) is 11.2. The van der Waals surface area contributed by atoms with E-state index in [0.717, 1.165) is 18.5 Å². The van der Waals surface area contributed by atoms with Crippen molar-refractivity contribution in [3.05, 3.63) is 40.4 Å². The fourth-order valence-electron chi connectivity index (χ4n) is 2.36. The lowest BCUT2D eigenvalue weighted by Gasteiger charge is -2.16. The lowest BCUT2D eigenvalue weighted by atomic mass is 9.91. The van der Waals surface area contributed by atoms with Gasteiger partial charge in [-0.25, -0.2) is 9.78 Å². The number of hydrogen-bond donors (Lipinski definition) is 2. The quantitative estimate of drug-likeness (QED) is 0.899. The Kier molecular flexibility index (Phi) is 3.21. The third kappa shape index (κ3) is 2.61. The lowest BCUT2D eigenvalue weighted by Crippen LogP contribution is -2.03. The van der Waals surface area contributed by atoms with Gasteiger partial charge in [0, 0.05) is 11.1 Å². The van der Waals surface area contributed by atoms with E-state index in [-0.39, 0.29) is 5.69 Å². The zero-order chi connectivity index (χ0) is 13.2. The van der Waals surface area contributed by atoms with Crippen LogP contribution in [0.4, 0.5) is 10.8 Å². The van der Waals surface area contributed by atoms with E-state index < -0.39 is 5.97 Å². The van der Waals surface area contributed by atoms with Gasteiger partial charge in [0.25, 0.3) is 0 Å². The molecule has 1 aromatic carbocycles. The summed E-state index contributed by atoms with van der Waals surface area (Å²) in [5.41, 5.74) is 3.89. The molecule has 4 nitrogen and oxygen atoms in total. The van der Waals surface area contributed by atoms with Crippen LogP contribution in [0.1, 0.15) is 34.5 Å². The third-order valence-corrected chi connectivity index (χ3v) is 4.08. The van der Waals surface area contributed by atoms with E-state index in [1.807, 2.05) is 6.07 Å². The second kappa shape index (κ2) is 5.01. The van der Waals surface area contributed by atoms with Crippen molar-refractivity contribution in [3.63, 3.8) is 0 Å². The highest BCUT2D eigenvalue weighted by molar-refractivity contribution is 7.14. The van der Waals surface area contributed by atoms with E-state index in [2.05, 4.69) is 22.4 Å². The second-order valence-corrected chi connectivity index (χ2v) is 5.52. The Labute approximate surface area is 115 Å². The first kappa shape index (κ1) is 12.2. The molecule has 3 rings (SSSR count). The van der Waals surface area contributed by atoms with E-state index >= 15 is 0 Å². The maximum atomic E-state index is 10.8. The number of aromatic nitrogens is 1. The van der Waals surface area contributed by atoms with Gasteiger partial charge in [0.05, 0.1) is 0 Å². The Morgan fingerprint density at radius 3 is 2.79 bits per heavy atom. The van der Waals surface area contributed by atoms with Gasteiger partial charge in [0.15, 0.2) is 10.8 Å². The molecule has 0 aliphatic heterocycles. The number of aromatic carboxylic acids is 1. The maximum Gasteiger partial charge on any atom is 0.355 e. The van der Waals surface area contributed by atoms with Gasteiger partial charge in [0.2, 0.25) is 0 Å². The molecule has 0 amide bonds. The minimum absolute atomic E-state index is 0.0884. The molecule has 5 heteroatoms. The summed E-state index contributed by atoms with van der Waals surface area (Å²) in [5, 5.41) is 14.2. The first-order chi connectivity index (χ1) is 9.22. The van der Waals surface area contributed by atoms with Crippen LogP contribution in [0.3, 0.4) is 0 Å². The molecule has 0 atom stereocenters. The van der Waals surface area contributed by atoms with Crippen LogP contribution >= 0.6 is 11.3 Å². The SMILES string of the molecule is O=C(O)c1csc(Nc2ccc3c(c2)CCCC3)n1. The minimum Gasteiger partial charge on any atom is -0.476 e. The molecule has 0 fully saturated rings. The fraction of sp³-hybridized carbons (Fsp3) is 0.286. The van der Waals surface area contributed by atoms with Crippen LogP contribution in [0.25, 0.3) is 0 Å². The molecule has 0 unspecified atom stereocenters. The molecule has 19 heavy (non-hydrogen) atoms. The Bertz CT molecular complexity index is 622. The van der Waals surface area contributed by atoms with E-state index in [4.69, 9.17) is 5.11 Å². The number of nitrogens with zero attached hydrogens (tertiary/aromatic N) is 1. The first-order valence-electron chi connectivity index (χ1n) is 6.30. The van der Waals surface area contributed by atoms with Crippen LogP contribution < -0.4 is 5.32 Å². The van der Waals surface area contributed by atoms with Gasteiger partial charge in [0.1, 0.15) is 0 Å². The highest BCUT2D eigenvalue weighted by atomic mass is 32.1. The molecule has 98 valence electrons. The van der Waals surface area contributed by atoms with Crippen LogP contribution in [0.15, 0.2) is 23.6 Å². The molecule has 0 saturated carbocycles. The van der Waals surface area contributed by atoms with Crippen molar-refractivity contribution in [2.45, 2.75) is 25.7 Å². The summed E-state index contributed by atoms with van der Waals surface area (Å²) in [4.78, 5) is 14.8. The summed E-state index contributed by atoms with van der Waals surface area (Å²) < 4.78 is 0. The minimum atomic E-state index is -0.991. The van der Waals surface area contributed by atoms with Gasteiger partial charge >= 0.3 is 5.97 Å². The van der Waals surface area contributed by atoms with Crippen molar-refractivity contribution >= 4 is 28.1 Å². The number of hydrogen-bond acceptors (Lipinski definition) is 4. The van der Waals surface area contributed by atoms with Crippen molar-refractivity contribution in [3.8, 4) is 0 Å². The maximum absolute atomic E-state index is 10.8. The van der Waals surface area contributed by atoms with Crippen LogP contribution in [0.5, 0.6) is 0 Å². The molecular formula is C14H14N2O2S. The van der Waals surface area contributed by atoms with Crippen molar-refractivity contribution in [2.75, 3.05) is 5.32 Å². The molecule has 1 heterocycles.